The number of halogens is 1. The predicted molar refractivity (Wildman–Crippen MR) is 206 cm³/mol. The van der Waals surface area contributed by atoms with Gasteiger partial charge in [0.25, 0.3) is 0 Å². The summed E-state index contributed by atoms with van der Waals surface area (Å²) in [6, 6.07) is 20.8. The number of hydrogen-bond acceptors (Lipinski definition) is 7. The molecule has 3 fully saturated rings. The fourth-order valence-corrected chi connectivity index (χ4v) is 9.17. The van der Waals surface area contributed by atoms with Crippen molar-refractivity contribution in [1.82, 2.24) is 14.5 Å². The fraction of sp³-hybridized carbons (Fsp3) is 0.512. The molecule has 0 aromatic heterocycles. The molecule has 3 aliphatic rings. The topological polar surface area (TPSA) is 114 Å². The lowest BCUT2D eigenvalue weighted by molar-refractivity contribution is -0.138. The molecule has 12 heteroatoms. The van der Waals surface area contributed by atoms with Gasteiger partial charge in [-0.3, -0.25) is 4.79 Å². The number of nitrogens with one attached hydrogen (secondary N) is 1. The van der Waals surface area contributed by atoms with Gasteiger partial charge in [0.15, 0.2) is 0 Å². The Bertz CT molecular complexity index is 1780. The van der Waals surface area contributed by atoms with Crippen molar-refractivity contribution < 1.29 is 32.2 Å². The zero-order valence-corrected chi connectivity index (χ0v) is 32.5. The van der Waals surface area contributed by atoms with Crippen molar-refractivity contribution in [2.45, 2.75) is 107 Å². The number of rotatable bonds is 10. The number of carbonyl (C=O) groups excluding carboxylic acids is 2. The molecular weight excluding hydrogens is 714 g/mol. The smallest absolute Gasteiger partial charge is 0.407 e. The molecule has 0 bridgehead atoms. The molecule has 3 aromatic rings. The molecule has 53 heavy (non-hydrogen) atoms. The zero-order chi connectivity index (χ0) is 37.6. The molecule has 1 saturated carbocycles. The number of alkyl carbamates (subject to hydrolysis) is 1. The minimum absolute atomic E-state index is 0.123. The maximum absolute atomic E-state index is 14.3. The molecule has 286 valence electrons. The van der Waals surface area contributed by atoms with Crippen LogP contribution in [0.15, 0.2) is 77.7 Å². The second-order valence-electron chi connectivity index (χ2n) is 15.5. The standard InChI is InChI=1S/C41H52ClN3O7S/c1-41(2,3)52-40(47)43-33-21-24-44(25-22-33)39(46)38-27-36(51-35-15-11-31(12-16-35)30-9-13-32(42)14-10-30)23-26-45(38)53(48,49)37-19-17-34(18-20-37)50-28-29-7-5-4-6-8-29/h9-20,29,33,36,38H,4-8,21-28H2,1-3H3,(H,43,47)/t36-,38+/m1/s1. The summed E-state index contributed by atoms with van der Waals surface area (Å²) in [7, 11) is -4.03. The van der Waals surface area contributed by atoms with Crippen molar-refractivity contribution in [3.63, 3.8) is 0 Å². The second-order valence-corrected chi connectivity index (χ2v) is 17.8. The van der Waals surface area contributed by atoms with Crippen molar-refractivity contribution >= 4 is 33.6 Å². The van der Waals surface area contributed by atoms with Crippen LogP contribution in [-0.2, 0) is 19.6 Å². The van der Waals surface area contributed by atoms with E-state index in [1.165, 1.54) is 23.6 Å². The maximum Gasteiger partial charge on any atom is 0.407 e. The van der Waals surface area contributed by atoms with Crippen molar-refractivity contribution in [3.05, 3.63) is 77.8 Å². The molecule has 0 spiro atoms. The molecule has 2 atom stereocenters. The van der Waals surface area contributed by atoms with Crippen LogP contribution in [0.3, 0.4) is 0 Å². The predicted octanol–water partition coefficient (Wildman–Crippen LogP) is 8.08. The monoisotopic (exact) mass is 765 g/mol. The maximum atomic E-state index is 14.3. The summed E-state index contributed by atoms with van der Waals surface area (Å²) in [5.74, 6) is 1.55. The van der Waals surface area contributed by atoms with E-state index < -0.39 is 27.8 Å². The van der Waals surface area contributed by atoms with Crippen LogP contribution in [0.4, 0.5) is 4.79 Å². The third kappa shape index (κ3) is 10.5. The van der Waals surface area contributed by atoms with Crippen molar-refractivity contribution in [2.75, 3.05) is 26.2 Å². The highest BCUT2D eigenvalue weighted by atomic mass is 35.5. The minimum Gasteiger partial charge on any atom is -0.493 e. The lowest BCUT2D eigenvalue weighted by atomic mass is 9.90. The summed E-state index contributed by atoms with van der Waals surface area (Å²) >= 11 is 6.06. The van der Waals surface area contributed by atoms with Gasteiger partial charge in [0.05, 0.1) is 11.5 Å². The molecule has 0 radical (unpaired) electrons. The van der Waals surface area contributed by atoms with Gasteiger partial charge in [-0.25, -0.2) is 13.2 Å². The molecule has 2 amide bonds. The Morgan fingerprint density at radius 2 is 1.40 bits per heavy atom. The molecule has 2 heterocycles. The Labute approximate surface area is 319 Å². The summed E-state index contributed by atoms with van der Waals surface area (Å²) < 4.78 is 47.7. The normalized spacial score (nSPS) is 20.8. The quantitative estimate of drug-likeness (QED) is 0.222. The Morgan fingerprint density at radius 3 is 2.02 bits per heavy atom. The lowest BCUT2D eigenvalue weighted by Gasteiger charge is -2.41. The first-order chi connectivity index (χ1) is 25.3. The number of nitrogens with zero attached hydrogens (tertiary/aromatic N) is 2. The Morgan fingerprint density at radius 1 is 0.792 bits per heavy atom. The Balaban J connectivity index is 1.15. The van der Waals surface area contributed by atoms with E-state index >= 15 is 0 Å². The van der Waals surface area contributed by atoms with E-state index in [4.69, 9.17) is 25.8 Å². The molecular formula is C41H52ClN3O7S. The van der Waals surface area contributed by atoms with Crippen molar-refractivity contribution in [3.8, 4) is 22.6 Å². The van der Waals surface area contributed by atoms with Crippen LogP contribution in [0.1, 0.15) is 78.6 Å². The number of ether oxygens (including phenoxy) is 3. The number of carbonyl (C=O) groups is 2. The van der Waals surface area contributed by atoms with Crippen LogP contribution in [0, 0.1) is 5.92 Å². The van der Waals surface area contributed by atoms with Gasteiger partial charge in [-0.05, 0) is 118 Å². The average molecular weight is 766 g/mol. The van der Waals surface area contributed by atoms with Gasteiger partial charge >= 0.3 is 6.09 Å². The molecule has 1 N–H and O–H groups in total. The van der Waals surface area contributed by atoms with Gasteiger partial charge in [0, 0.05) is 37.1 Å². The number of benzene rings is 3. The summed E-state index contributed by atoms with van der Waals surface area (Å²) in [6.07, 6.45) is 6.88. The van der Waals surface area contributed by atoms with Gasteiger partial charge in [-0.1, -0.05) is 55.1 Å². The molecule has 2 aliphatic heterocycles. The number of amides is 2. The number of sulfonamides is 1. The van der Waals surface area contributed by atoms with E-state index in [1.807, 2.05) is 69.3 Å². The van der Waals surface area contributed by atoms with E-state index in [2.05, 4.69) is 5.32 Å². The molecule has 0 unspecified atom stereocenters. The summed E-state index contributed by atoms with van der Waals surface area (Å²) in [5, 5.41) is 3.58. The van der Waals surface area contributed by atoms with Gasteiger partial charge in [0.1, 0.15) is 29.2 Å². The number of hydrogen-bond donors (Lipinski definition) is 1. The molecule has 3 aromatic carbocycles. The van der Waals surface area contributed by atoms with E-state index in [-0.39, 0.29) is 35.9 Å². The molecule has 1 aliphatic carbocycles. The SMILES string of the molecule is CC(C)(C)OC(=O)NC1CCN(C(=O)[C@@H]2C[C@H](Oc3ccc(-c4ccc(Cl)cc4)cc3)CCN2S(=O)(=O)c2ccc(OCC3CCCCC3)cc2)CC1. The third-order valence-corrected chi connectivity index (χ3v) is 12.5. The van der Waals surface area contributed by atoms with E-state index in [9.17, 15) is 18.0 Å². The lowest BCUT2D eigenvalue weighted by Crippen LogP contribution is -2.58. The first kappa shape index (κ1) is 38.9. The first-order valence-electron chi connectivity index (χ1n) is 18.9. The molecule has 2 saturated heterocycles. The second kappa shape index (κ2) is 17.1. The average Bonchev–Trinajstić information content (AvgIpc) is 3.14. The van der Waals surface area contributed by atoms with Gasteiger partial charge in [-0.15, -0.1) is 0 Å². The van der Waals surface area contributed by atoms with Crippen LogP contribution in [0.5, 0.6) is 11.5 Å². The number of likely N-dealkylation sites (tertiary alicyclic amines) is 1. The largest absolute Gasteiger partial charge is 0.493 e. The van der Waals surface area contributed by atoms with Crippen LogP contribution < -0.4 is 14.8 Å². The first-order valence-corrected chi connectivity index (χ1v) is 20.7. The number of piperidine rings is 2. The third-order valence-electron chi connectivity index (χ3n) is 10.3. The van der Waals surface area contributed by atoms with Gasteiger partial charge in [-0.2, -0.15) is 4.31 Å². The zero-order valence-electron chi connectivity index (χ0n) is 31.0. The Kier molecular flexibility index (Phi) is 12.6. The Hall–Kier alpha value is -3.80. The summed E-state index contributed by atoms with van der Waals surface area (Å²) in [4.78, 5) is 28.5. The van der Waals surface area contributed by atoms with Gasteiger partial charge in [0.2, 0.25) is 15.9 Å². The van der Waals surface area contributed by atoms with Crippen LogP contribution in [0.2, 0.25) is 5.02 Å². The highest BCUT2D eigenvalue weighted by molar-refractivity contribution is 7.89. The molecule has 6 rings (SSSR count). The van der Waals surface area contributed by atoms with E-state index in [0.717, 1.165) is 24.0 Å². The van der Waals surface area contributed by atoms with Crippen molar-refractivity contribution in [2.24, 2.45) is 5.92 Å². The van der Waals surface area contributed by atoms with E-state index in [1.54, 1.807) is 29.2 Å². The summed E-state index contributed by atoms with van der Waals surface area (Å²) in [5.41, 5.74) is 1.42. The van der Waals surface area contributed by atoms with Crippen LogP contribution >= 0.6 is 11.6 Å². The van der Waals surface area contributed by atoms with Crippen LogP contribution in [0.25, 0.3) is 11.1 Å². The van der Waals surface area contributed by atoms with Crippen molar-refractivity contribution in [1.29, 1.82) is 0 Å². The highest BCUT2D eigenvalue weighted by Crippen LogP contribution is 2.32. The minimum atomic E-state index is -4.03. The summed E-state index contributed by atoms with van der Waals surface area (Å²) in [6.45, 7) is 6.96. The fourth-order valence-electron chi connectivity index (χ4n) is 7.43. The highest BCUT2D eigenvalue weighted by Gasteiger charge is 2.43. The van der Waals surface area contributed by atoms with E-state index in [0.29, 0.717) is 61.4 Å². The molecule has 10 nitrogen and oxygen atoms in total. The van der Waals surface area contributed by atoms with Crippen LogP contribution in [-0.4, -0.2) is 79.7 Å². The van der Waals surface area contributed by atoms with Gasteiger partial charge < -0.3 is 24.4 Å².